The number of aliphatic hydroxyl groups excluding tert-OH is 8. The molecule has 0 saturated carbocycles. The van der Waals surface area contributed by atoms with Gasteiger partial charge >= 0.3 is 10.4 Å². The second-order valence-electron chi connectivity index (χ2n) is 21.9. The Labute approximate surface area is 507 Å². The van der Waals surface area contributed by atoms with Gasteiger partial charge in [0, 0.05) is 54.6 Å². The fourth-order valence-corrected chi connectivity index (χ4v) is 10.7. The highest BCUT2D eigenvalue weighted by Gasteiger charge is 2.51. The van der Waals surface area contributed by atoms with E-state index in [1.54, 1.807) is 30.3 Å². The first-order valence-corrected chi connectivity index (χ1v) is 29.5. The van der Waals surface area contributed by atoms with E-state index < -0.39 is 198 Å². The third-order valence-electron chi connectivity index (χ3n) is 15.2. The van der Waals surface area contributed by atoms with Crippen molar-refractivity contribution in [1.82, 2.24) is 41.5 Å². The molecule has 3 saturated heterocycles. The Morgan fingerprint density at radius 2 is 1.43 bits per heavy atom. The van der Waals surface area contributed by atoms with Gasteiger partial charge in [-0.25, -0.2) is 0 Å². The highest BCUT2D eigenvalue weighted by molar-refractivity contribution is 7.81. The number of fused-ring (bicyclic) bond motifs is 2. The summed E-state index contributed by atoms with van der Waals surface area (Å²) in [6.07, 6.45) is -17.3. The molecule has 0 spiro atoms. The largest absolute Gasteiger partial charge is 0.504 e. The number of rotatable bonds is 18. The number of amides is 8. The number of aliphatic hydroxyl groups is 8. The van der Waals surface area contributed by atoms with Crippen LogP contribution in [0.15, 0.2) is 77.3 Å². The summed E-state index contributed by atoms with van der Waals surface area (Å²) in [5.74, 6) is -12.9. The van der Waals surface area contributed by atoms with E-state index in [1.165, 1.54) is 31.2 Å². The maximum absolute atomic E-state index is 14.7. The smallest absolute Gasteiger partial charge is 0.446 e. The van der Waals surface area contributed by atoms with Crippen LogP contribution in [-0.2, 0) is 44.0 Å². The summed E-state index contributed by atoms with van der Waals surface area (Å²) in [4.78, 5) is 115. The van der Waals surface area contributed by atoms with Gasteiger partial charge in [-0.1, -0.05) is 50.0 Å². The number of nitrogens with two attached hydrogens (primary N) is 1. The van der Waals surface area contributed by atoms with Crippen molar-refractivity contribution in [2.45, 2.75) is 145 Å². The molecule has 0 radical (unpaired) electrons. The second kappa shape index (κ2) is 29.3. The highest BCUT2D eigenvalue weighted by Crippen LogP contribution is 2.34. The summed E-state index contributed by atoms with van der Waals surface area (Å²) < 4.78 is 48.1. The van der Waals surface area contributed by atoms with Crippen molar-refractivity contribution in [1.29, 1.82) is 0 Å². The van der Waals surface area contributed by atoms with E-state index in [0.717, 1.165) is 32.3 Å². The Balaban J connectivity index is 1.22. The fraction of sp³-hybridized carbons (Fsp3) is 0.482. The van der Waals surface area contributed by atoms with E-state index in [-0.39, 0.29) is 5.56 Å². The molecule has 8 amide bonds. The number of nitrogens with one attached hydrogen (secondary N) is 5. The van der Waals surface area contributed by atoms with Crippen molar-refractivity contribution in [3.05, 3.63) is 83.9 Å². The molecular weight excluding hydrogens is 1200 g/mol. The molecule has 89 heavy (non-hydrogen) atoms. The van der Waals surface area contributed by atoms with Gasteiger partial charge in [0.1, 0.15) is 66.0 Å². The van der Waals surface area contributed by atoms with Crippen LogP contribution in [0, 0.1) is 5.92 Å². The van der Waals surface area contributed by atoms with Crippen LogP contribution < -0.4 is 41.2 Å². The summed E-state index contributed by atoms with van der Waals surface area (Å²) in [7, 11) is -5.35. The van der Waals surface area contributed by atoms with Gasteiger partial charge in [-0.3, -0.25) is 42.9 Å². The maximum Gasteiger partial charge on any atom is 0.446 e. The van der Waals surface area contributed by atoms with Crippen molar-refractivity contribution in [3.8, 4) is 39.8 Å². The van der Waals surface area contributed by atoms with E-state index in [2.05, 4.69) is 32.2 Å². The normalized spacial score (nSPS) is 26.4. The van der Waals surface area contributed by atoms with Crippen LogP contribution in [0.1, 0.15) is 81.3 Å². The molecule has 15 atom stereocenters. The first kappa shape index (κ1) is 68.1. The van der Waals surface area contributed by atoms with Gasteiger partial charge in [-0.05, 0) is 67.4 Å². The zero-order valence-corrected chi connectivity index (χ0v) is 48.9. The molecule has 4 aromatic rings. The molecule has 4 unspecified atom stereocenters. The minimum Gasteiger partial charge on any atom is -0.504 e. The SMILES string of the molecule is CCCCCOc1ccc(-c2cc(-c3ccc(C(=O)N[C@H]4C[C@@H](O)[C@H](O)NC(=O)[C@@H]5[C@@H](O)[C@@H](C)CN5C(=O)[C@H](C(O)CC(N)=O)NC(=O)[C@H](C(O)C(O)c5ccc(O)c(OS(=O)(=O)O)c5)NC(=O)[C@@H]5C[C@@H](O)CN5C(=O)[C@H](C(C)O)NC4=O)cc3)no2)cc1. The van der Waals surface area contributed by atoms with Crippen molar-refractivity contribution in [2.75, 3.05) is 19.7 Å². The van der Waals surface area contributed by atoms with E-state index in [9.17, 15) is 97.3 Å². The average molecular weight is 1270 g/mol. The van der Waals surface area contributed by atoms with Gasteiger partial charge in [0.25, 0.3) is 5.91 Å². The molecule has 4 heterocycles. The molecule has 0 aliphatic carbocycles. The molecule has 17 N–H and O–H groups in total. The van der Waals surface area contributed by atoms with Gasteiger partial charge in [-0.2, -0.15) is 8.42 Å². The number of nitrogens with zero attached hydrogens (tertiary/aromatic N) is 3. The number of phenols is 1. The van der Waals surface area contributed by atoms with Crippen LogP contribution in [0.2, 0.25) is 0 Å². The summed E-state index contributed by atoms with van der Waals surface area (Å²) in [5.41, 5.74) is 6.17. The molecular formula is C56H71N9O23S. The summed E-state index contributed by atoms with van der Waals surface area (Å²) in [6, 6.07) is 3.52. The number of primary amides is 1. The average Bonchev–Trinajstić information content (AvgIpc) is 2.76. The van der Waals surface area contributed by atoms with Crippen LogP contribution in [0.4, 0.5) is 0 Å². The van der Waals surface area contributed by atoms with E-state index in [0.29, 0.717) is 56.9 Å². The number of phenolic OH excluding ortho intramolecular Hbond substituents is 1. The molecule has 3 aromatic carbocycles. The lowest BCUT2D eigenvalue weighted by atomic mass is 9.96. The Bertz CT molecular complexity index is 3340. The number of aromatic hydroxyl groups is 1. The predicted octanol–water partition coefficient (Wildman–Crippen LogP) is -3.90. The first-order valence-electron chi connectivity index (χ1n) is 28.1. The van der Waals surface area contributed by atoms with Crippen LogP contribution >= 0.6 is 0 Å². The second-order valence-corrected chi connectivity index (χ2v) is 22.9. The molecule has 33 heteroatoms. The van der Waals surface area contributed by atoms with Gasteiger partial charge < -0.3 is 102 Å². The number of unbranched alkanes of at least 4 members (excludes halogenated alkanes) is 2. The zero-order valence-electron chi connectivity index (χ0n) is 48.1. The van der Waals surface area contributed by atoms with Crippen molar-refractivity contribution < 1.29 is 111 Å². The molecule has 484 valence electrons. The molecule has 32 nitrogen and oxygen atoms in total. The number of carbonyl (C=O) groups is 8. The number of ether oxygens (including phenoxy) is 1. The first-order chi connectivity index (χ1) is 42.0. The minimum absolute atomic E-state index is 0.107. The van der Waals surface area contributed by atoms with Crippen LogP contribution in [0.5, 0.6) is 17.2 Å². The Morgan fingerprint density at radius 3 is 2.07 bits per heavy atom. The quantitative estimate of drug-likeness (QED) is 0.0334. The summed E-state index contributed by atoms with van der Waals surface area (Å²) >= 11 is 0. The lowest BCUT2D eigenvalue weighted by molar-refractivity contribution is -0.149. The number of aromatic nitrogens is 1. The Morgan fingerprint density at radius 1 is 0.787 bits per heavy atom. The molecule has 3 fully saturated rings. The van der Waals surface area contributed by atoms with Gasteiger partial charge in [0.15, 0.2) is 23.5 Å². The molecule has 7 rings (SSSR count). The minimum atomic E-state index is -5.35. The van der Waals surface area contributed by atoms with Crippen LogP contribution in [-0.4, -0.2) is 220 Å². The third-order valence-corrected chi connectivity index (χ3v) is 15.6. The molecule has 0 bridgehead atoms. The van der Waals surface area contributed by atoms with E-state index >= 15 is 0 Å². The number of hydrogen-bond donors (Lipinski definition) is 16. The lowest BCUT2D eigenvalue weighted by Crippen LogP contribution is -2.64. The van der Waals surface area contributed by atoms with Gasteiger partial charge in [0.05, 0.1) is 37.4 Å². The maximum atomic E-state index is 14.7. The monoisotopic (exact) mass is 1270 g/mol. The third kappa shape index (κ3) is 16.9. The zero-order chi connectivity index (χ0) is 65.3. The molecule has 3 aliphatic rings. The lowest BCUT2D eigenvalue weighted by Gasteiger charge is -2.34. The van der Waals surface area contributed by atoms with E-state index in [1.807, 2.05) is 10.6 Å². The predicted molar refractivity (Wildman–Crippen MR) is 304 cm³/mol. The highest BCUT2D eigenvalue weighted by atomic mass is 32.3. The fourth-order valence-electron chi connectivity index (χ4n) is 10.3. The standard InChI is InChI=1S/C56H71N9O23S/c1-4-5-6-17-86-32-14-11-28(12-15-32)39-21-33(63-87-39)27-7-9-29(10-8-27)49(75)58-34-20-38(70)52(78)62-54(80)45-46(72)25(2)23-65(45)56(82)43(37(69)22-41(57)71)60-53(79)44(48(74)47(73)30-13-16-36(68)40(18-30)88-89(83,84)85)61-51(77)35-19-31(67)24-64(35)55(81)42(26(3)66)59-50(34)76/h7-16,18,21,25-26,31,34-35,37-38,42-48,52,66-70,72-74,78H,4-6,17,19-20,22-24H2,1-3H3,(H2,57,71)(H,58,75)(H,59,76)(H,60,79)(H,61,77)(H,62,80)(H,83,84,85)/t25-,26?,31+,34-,35-,37?,38+,42-,43-,44-,45-,46-,47?,48?,52-/m0/s1. The van der Waals surface area contributed by atoms with E-state index in [4.69, 9.17) is 15.0 Å². The molecule has 3 aliphatic heterocycles. The molecule has 1 aromatic heterocycles. The summed E-state index contributed by atoms with van der Waals surface area (Å²) in [6.45, 7) is 3.74. The number of carbonyl (C=O) groups excluding carboxylic acids is 8. The van der Waals surface area contributed by atoms with Crippen molar-refractivity contribution in [2.24, 2.45) is 11.7 Å². The Hall–Kier alpha value is -8.38. The van der Waals surface area contributed by atoms with Crippen molar-refractivity contribution >= 4 is 57.7 Å². The van der Waals surface area contributed by atoms with Crippen LogP contribution in [0.3, 0.4) is 0 Å². The summed E-state index contributed by atoms with van der Waals surface area (Å²) in [5, 5.41) is 116. The van der Waals surface area contributed by atoms with Crippen molar-refractivity contribution in [3.63, 3.8) is 0 Å². The number of hydrogen-bond acceptors (Lipinski definition) is 23. The Kier molecular flexibility index (Phi) is 22.4. The van der Waals surface area contributed by atoms with Crippen LogP contribution in [0.25, 0.3) is 22.6 Å². The topological polar surface area (TPSA) is 510 Å². The van der Waals surface area contributed by atoms with Gasteiger partial charge in [-0.15, -0.1) is 0 Å². The van der Waals surface area contributed by atoms with Gasteiger partial charge in [0.2, 0.25) is 41.4 Å². The number of benzene rings is 3.